The normalized spacial score (nSPS) is 10.3. The summed E-state index contributed by atoms with van der Waals surface area (Å²) < 4.78 is 0. The van der Waals surface area contributed by atoms with Crippen molar-refractivity contribution in [3.8, 4) is 0 Å². The number of anilines is 2. The molecule has 1 heterocycles. The van der Waals surface area contributed by atoms with Crippen molar-refractivity contribution in [1.82, 2.24) is 15.0 Å². The molecule has 6 heteroatoms. The highest BCUT2D eigenvalue weighted by molar-refractivity contribution is 6.28. The molecule has 0 saturated carbocycles. The monoisotopic (exact) mass is 263 g/mol. The summed E-state index contributed by atoms with van der Waals surface area (Å²) in [7, 11) is 0. The van der Waals surface area contributed by atoms with Gasteiger partial charge in [-0.3, -0.25) is 0 Å². The molecule has 3 N–H and O–H groups in total. The zero-order chi connectivity index (χ0) is 13.0. The van der Waals surface area contributed by atoms with E-state index in [1.54, 1.807) is 0 Å². The number of nitrogens with zero attached hydrogens (tertiary/aromatic N) is 3. The molecule has 0 saturated heterocycles. The van der Waals surface area contributed by atoms with Crippen molar-refractivity contribution in [2.45, 2.75) is 19.9 Å². The van der Waals surface area contributed by atoms with Crippen LogP contribution in [0.1, 0.15) is 18.1 Å². The Labute approximate surface area is 110 Å². The molecule has 5 nitrogen and oxygen atoms in total. The molecule has 0 amide bonds. The number of nitrogens with two attached hydrogens (primary N) is 1. The summed E-state index contributed by atoms with van der Waals surface area (Å²) in [5, 5.41) is 3.18. The summed E-state index contributed by atoms with van der Waals surface area (Å²) in [6, 6.07) is 8.20. The zero-order valence-electron chi connectivity index (χ0n) is 10.0. The molecule has 0 radical (unpaired) electrons. The van der Waals surface area contributed by atoms with E-state index in [9.17, 15) is 0 Å². The number of hydrogen-bond acceptors (Lipinski definition) is 5. The maximum atomic E-state index is 5.71. The van der Waals surface area contributed by atoms with Crippen molar-refractivity contribution in [1.29, 1.82) is 0 Å². The van der Waals surface area contributed by atoms with Crippen molar-refractivity contribution < 1.29 is 0 Å². The highest BCUT2D eigenvalue weighted by Crippen LogP contribution is 2.12. The van der Waals surface area contributed by atoms with Gasteiger partial charge in [-0.2, -0.15) is 15.0 Å². The Balaban J connectivity index is 2.11. The quantitative estimate of drug-likeness (QED) is 0.885. The second kappa shape index (κ2) is 5.64. The molecule has 0 fully saturated rings. The SMILES string of the molecule is CCc1ccccc1CNc1nc(N)nc(Cl)n1. The number of aryl methyl sites for hydroxylation is 1. The molecule has 2 rings (SSSR count). The number of halogens is 1. The Bertz CT molecular complexity index is 523. The van der Waals surface area contributed by atoms with Crippen LogP contribution in [0.15, 0.2) is 24.3 Å². The summed E-state index contributed by atoms with van der Waals surface area (Å²) in [4.78, 5) is 11.6. The molecular formula is C12H14ClN5. The highest BCUT2D eigenvalue weighted by atomic mass is 35.5. The van der Waals surface area contributed by atoms with Gasteiger partial charge in [0.05, 0.1) is 0 Å². The van der Waals surface area contributed by atoms with Crippen molar-refractivity contribution in [3.05, 3.63) is 40.7 Å². The fourth-order valence-electron chi connectivity index (χ4n) is 1.69. The predicted octanol–water partition coefficient (Wildman–Crippen LogP) is 2.28. The minimum absolute atomic E-state index is 0.0915. The van der Waals surface area contributed by atoms with E-state index in [0.717, 1.165) is 6.42 Å². The largest absolute Gasteiger partial charge is 0.368 e. The molecule has 0 aliphatic rings. The van der Waals surface area contributed by atoms with E-state index < -0.39 is 0 Å². The lowest BCUT2D eigenvalue weighted by Crippen LogP contribution is -2.08. The van der Waals surface area contributed by atoms with E-state index in [1.165, 1.54) is 11.1 Å². The zero-order valence-corrected chi connectivity index (χ0v) is 10.8. The van der Waals surface area contributed by atoms with E-state index in [0.29, 0.717) is 12.5 Å². The molecule has 1 aromatic heterocycles. The number of aromatic nitrogens is 3. The molecule has 0 bridgehead atoms. The van der Waals surface area contributed by atoms with Gasteiger partial charge in [-0.25, -0.2) is 0 Å². The summed E-state index contributed by atoms with van der Waals surface area (Å²) in [6.07, 6.45) is 0.984. The second-order valence-electron chi connectivity index (χ2n) is 3.76. The van der Waals surface area contributed by atoms with Gasteiger partial charge >= 0.3 is 0 Å². The molecule has 1 aromatic carbocycles. The van der Waals surface area contributed by atoms with Gasteiger partial charge in [0.2, 0.25) is 17.2 Å². The van der Waals surface area contributed by atoms with E-state index in [-0.39, 0.29) is 11.2 Å². The molecular weight excluding hydrogens is 250 g/mol. The van der Waals surface area contributed by atoms with Gasteiger partial charge in [0, 0.05) is 6.54 Å². The summed E-state index contributed by atoms with van der Waals surface area (Å²) in [5.41, 5.74) is 7.99. The van der Waals surface area contributed by atoms with Crippen LogP contribution in [0.5, 0.6) is 0 Å². The van der Waals surface area contributed by atoms with Crippen molar-refractivity contribution in [2.24, 2.45) is 0 Å². The van der Waals surface area contributed by atoms with Crippen LogP contribution in [0.25, 0.3) is 0 Å². The molecule has 0 aliphatic heterocycles. The smallest absolute Gasteiger partial charge is 0.229 e. The molecule has 2 aromatic rings. The van der Waals surface area contributed by atoms with Crippen LogP contribution in [0.4, 0.5) is 11.9 Å². The van der Waals surface area contributed by atoms with Crippen LogP contribution >= 0.6 is 11.6 Å². The van der Waals surface area contributed by atoms with Crippen molar-refractivity contribution >= 4 is 23.5 Å². The maximum Gasteiger partial charge on any atom is 0.229 e. The van der Waals surface area contributed by atoms with Crippen LogP contribution < -0.4 is 11.1 Å². The first-order chi connectivity index (χ1) is 8.69. The van der Waals surface area contributed by atoms with Crippen molar-refractivity contribution in [3.63, 3.8) is 0 Å². The van der Waals surface area contributed by atoms with Crippen LogP contribution in [-0.4, -0.2) is 15.0 Å². The van der Waals surface area contributed by atoms with Gasteiger partial charge in [0.25, 0.3) is 0 Å². The fraction of sp³-hybridized carbons (Fsp3) is 0.250. The molecule has 0 spiro atoms. The summed E-state index contributed by atoms with van der Waals surface area (Å²) in [6.45, 7) is 2.75. The van der Waals surface area contributed by atoms with Crippen molar-refractivity contribution in [2.75, 3.05) is 11.1 Å². The Hall–Kier alpha value is -1.88. The van der Waals surface area contributed by atoms with E-state index >= 15 is 0 Å². The average Bonchev–Trinajstić information content (AvgIpc) is 2.35. The standard InChI is InChI=1S/C12H14ClN5/c1-2-8-5-3-4-6-9(8)7-15-12-17-10(13)16-11(14)18-12/h3-6H,2,7H2,1H3,(H3,14,15,16,17,18). The van der Waals surface area contributed by atoms with E-state index in [1.807, 2.05) is 12.1 Å². The highest BCUT2D eigenvalue weighted by Gasteiger charge is 2.04. The minimum atomic E-state index is 0.0915. The number of hydrogen-bond donors (Lipinski definition) is 2. The molecule has 18 heavy (non-hydrogen) atoms. The molecule has 0 unspecified atom stereocenters. The number of nitrogens with one attached hydrogen (secondary N) is 1. The summed E-state index contributed by atoms with van der Waals surface area (Å²) >= 11 is 5.71. The van der Waals surface area contributed by atoms with Gasteiger partial charge in [0.1, 0.15) is 0 Å². The molecule has 0 aliphatic carbocycles. The van der Waals surface area contributed by atoms with E-state index in [4.69, 9.17) is 17.3 Å². The van der Waals surface area contributed by atoms with Crippen LogP contribution in [0.2, 0.25) is 5.28 Å². The number of benzene rings is 1. The van der Waals surface area contributed by atoms with E-state index in [2.05, 4.69) is 39.3 Å². The lowest BCUT2D eigenvalue weighted by molar-refractivity contribution is 0.989. The third-order valence-corrected chi connectivity index (χ3v) is 2.73. The third kappa shape index (κ3) is 3.07. The number of nitrogen functional groups attached to an aromatic ring is 1. The van der Waals surface area contributed by atoms with Crippen LogP contribution in [-0.2, 0) is 13.0 Å². The lowest BCUT2D eigenvalue weighted by atomic mass is 10.1. The van der Waals surface area contributed by atoms with Gasteiger partial charge in [-0.05, 0) is 29.1 Å². The first kappa shape index (κ1) is 12.6. The van der Waals surface area contributed by atoms with Crippen LogP contribution in [0.3, 0.4) is 0 Å². The molecule has 0 atom stereocenters. The van der Waals surface area contributed by atoms with Gasteiger partial charge in [0.15, 0.2) is 0 Å². The van der Waals surface area contributed by atoms with Crippen LogP contribution in [0, 0.1) is 0 Å². The van der Waals surface area contributed by atoms with Gasteiger partial charge < -0.3 is 11.1 Å². The Morgan fingerprint density at radius 3 is 2.56 bits per heavy atom. The molecule has 94 valence electrons. The summed E-state index contributed by atoms with van der Waals surface area (Å²) in [5.74, 6) is 0.500. The maximum absolute atomic E-state index is 5.71. The topological polar surface area (TPSA) is 76.7 Å². The predicted molar refractivity (Wildman–Crippen MR) is 72.4 cm³/mol. The first-order valence-corrected chi connectivity index (χ1v) is 6.04. The lowest BCUT2D eigenvalue weighted by Gasteiger charge is -2.09. The average molecular weight is 264 g/mol. The fourth-order valence-corrected chi connectivity index (χ4v) is 1.86. The number of rotatable bonds is 4. The third-order valence-electron chi connectivity index (χ3n) is 2.56. The van der Waals surface area contributed by atoms with Gasteiger partial charge in [-0.15, -0.1) is 0 Å². The second-order valence-corrected chi connectivity index (χ2v) is 4.10. The minimum Gasteiger partial charge on any atom is -0.368 e. The van der Waals surface area contributed by atoms with Gasteiger partial charge in [-0.1, -0.05) is 31.2 Å². The Morgan fingerprint density at radius 1 is 1.17 bits per heavy atom. The Kier molecular flexibility index (Phi) is 3.94. The first-order valence-electron chi connectivity index (χ1n) is 5.66. The Morgan fingerprint density at radius 2 is 1.89 bits per heavy atom.